The number of carbonyl (C=O) groups excluding carboxylic acids is 1. The van der Waals surface area contributed by atoms with Crippen molar-refractivity contribution in [3.8, 4) is 0 Å². The average Bonchev–Trinajstić information content (AvgIpc) is 2.76. The molecule has 2 fully saturated rings. The third kappa shape index (κ3) is 3.81. The fourth-order valence-corrected chi connectivity index (χ4v) is 4.11. The monoisotopic (exact) mass is 379 g/mol. The number of anilines is 2. The molecule has 1 aromatic heterocycles. The summed E-state index contributed by atoms with van der Waals surface area (Å²) in [6.07, 6.45) is 6.78. The molecule has 148 valence electrons. The normalized spacial score (nSPS) is 17.7. The highest BCUT2D eigenvalue weighted by molar-refractivity contribution is 5.92. The molecule has 6 heteroatoms. The van der Waals surface area contributed by atoms with Crippen molar-refractivity contribution in [1.82, 2.24) is 14.9 Å². The Morgan fingerprint density at radius 1 is 0.857 bits per heavy atom. The molecule has 1 amide bonds. The summed E-state index contributed by atoms with van der Waals surface area (Å²) >= 11 is 0. The van der Waals surface area contributed by atoms with E-state index < -0.39 is 0 Å². The first-order valence-corrected chi connectivity index (χ1v) is 10.3. The van der Waals surface area contributed by atoms with Gasteiger partial charge in [0, 0.05) is 45.0 Å². The molecule has 0 atom stereocenters. The predicted molar refractivity (Wildman–Crippen MR) is 112 cm³/mol. The van der Waals surface area contributed by atoms with Gasteiger partial charge in [-0.25, -0.2) is 9.97 Å². The Labute approximate surface area is 167 Å². The maximum Gasteiger partial charge on any atom is 0.274 e. The highest BCUT2D eigenvalue weighted by Crippen LogP contribution is 2.25. The van der Waals surface area contributed by atoms with E-state index in [1.807, 2.05) is 4.90 Å². The van der Waals surface area contributed by atoms with E-state index in [4.69, 9.17) is 0 Å². The molecule has 0 radical (unpaired) electrons. The Balaban J connectivity index is 1.38. The molecule has 2 aliphatic heterocycles. The van der Waals surface area contributed by atoms with Gasteiger partial charge in [-0.3, -0.25) is 4.79 Å². The molecule has 0 bridgehead atoms. The minimum absolute atomic E-state index is 0.0125. The van der Waals surface area contributed by atoms with E-state index in [0.29, 0.717) is 5.69 Å². The summed E-state index contributed by atoms with van der Waals surface area (Å²) in [6, 6.07) is 6.50. The minimum atomic E-state index is 0.0125. The predicted octanol–water partition coefficient (Wildman–Crippen LogP) is 3.05. The van der Waals surface area contributed by atoms with Crippen LogP contribution in [0.15, 0.2) is 30.6 Å². The molecule has 0 N–H and O–H groups in total. The van der Waals surface area contributed by atoms with Gasteiger partial charge in [0.1, 0.15) is 11.5 Å². The zero-order valence-electron chi connectivity index (χ0n) is 16.9. The molecular weight excluding hydrogens is 350 g/mol. The van der Waals surface area contributed by atoms with Crippen molar-refractivity contribution in [3.05, 3.63) is 47.4 Å². The van der Waals surface area contributed by atoms with Crippen molar-refractivity contribution in [2.75, 3.05) is 49.1 Å². The van der Waals surface area contributed by atoms with Gasteiger partial charge in [-0.15, -0.1) is 0 Å². The number of hydrogen-bond acceptors (Lipinski definition) is 5. The van der Waals surface area contributed by atoms with Crippen molar-refractivity contribution in [2.45, 2.75) is 33.1 Å². The molecule has 4 rings (SSSR count). The van der Waals surface area contributed by atoms with Crippen LogP contribution >= 0.6 is 0 Å². The highest BCUT2D eigenvalue weighted by Gasteiger charge is 2.22. The van der Waals surface area contributed by atoms with Crippen LogP contribution in [0.25, 0.3) is 0 Å². The maximum atomic E-state index is 12.5. The third-order valence-electron chi connectivity index (χ3n) is 6.02. The molecular formula is C22H29N5O. The van der Waals surface area contributed by atoms with Gasteiger partial charge in [-0.05, 0) is 50.3 Å². The van der Waals surface area contributed by atoms with Gasteiger partial charge in [-0.2, -0.15) is 0 Å². The van der Waals surface area contributed by atoms with Crippen molar-refractivity contribution >= 4 is 17.4 Å². The maximum absolute atomic E-state index is 12.5. The number of rotatable bonds is 3. The Kier molecular flexibility index (Phi) is 5.46. The Hall–Kier alpha value is -2.63. The number of likely N-dealkylation sites (tertiary alicyclic amines) is 1. The molecule has 0 spiro atoms. The lowest BCUT2D eigenvalue weighted by atomic mass is 10.1. The molecule has 6 nitrogen and oxygen atoms in total. The minimum Gasteiger partial charge on any atom is -0.368 e. The van der Waals surface area contributed by atoms with Gasteiger partial charge in [0.25, 0.3) is 5.91 Å². The molecule has 28 heavy (non-hydrogen) atoms. The first kappa shape index (κ1) is 18.7. The molecule has 2 saturated heterocycles. The van der Waals surface area contributed by atoms with E-state index in [1.54, 1.807) is 12.4 Å². The Morgan fingerprint density at radius 2 is 1.57 bits per heavy atom. The van der Waals surface area contributed by atoms with E-state index in [0.717, 1.165) is 57.9 Å². The van der Waals surface area contributed by atoms with Crippen LogP contribution in [-0.4, -0.2) is 60.0 Å². The number of piperidine rings is 1. The van der Waals surface area contributed by atoms with E-state index in [9.17, 15) is 4.79 Å². The second-order valence-corrected chi connectivity index (χ2v) is 7.81. The summed E-state index contributed by atoms with van der Waals surface area (Å²) in [5, 5.41) is 0. The molecule has 0 unspecified atom stereocenters. The summed E-state index contributed by atoms with van der Waals surface area (Å²) in [5.74, 6) is 0.870. The van der Waals surface area contributed by atoms with E-state index in [-0.39, 0.29) is 5.91 Å². The van der Waals surface area contributed by atoms with Crippen molar-refractivity contribution in [1.29, 1.82) is 0 Å². The number of amides is 1. The molecule has 0 saturated carbocycles. The van der Waals surface area contributed by atoms with Crippen LogP contribution in [0.4, 0.5) is 11.5 Å². The first-order chi connectivity index (χ1) is 13.6. The van der Waals surface area contributed by atoms with E-state index in [1.165, 1.54) is 23.2 Å². The standard InChI is InChI=1S/C22H29N5O/c1-17-7-6-8-20(18(17)2)25-11-13-26(14-12-25)21-16-23-19(15-24-21)22(28)27-9-4-3-5-10-27/h6-8,15-16H,3-5,9-14H2,1-2H3. The van der Waals surface area contributed by atoms with Crippen LogP contribution in [-0.2, 0) is 0 Å². The number of hydrogen-bond donors (Lipinski definition) is 0. The number of piperazine rings is 1. The first-order valence-electron chi connectivity index (χ1n) is 10.3. The third-order valence-corrected chi connectivity index (χ3v) is 6.02. The zero-order valence-corrected chi connectivity index (χ0v) is 16.9. The Bertz CT molecular complexity index is 821. The van der Waals surface area contributed by atoms with Crippen LogP contribution in [0, 0.1) is 13.8 Å². The fourth-order valence-electron chi connectivity index (χ4n) is 4.11. The fraction of sp³-hybridized carbons (Fsp3) is 0.500. The van der Waals surface area contributed by atoms with Gasteiger partial charge in [0.15, 0.2) is 0 Å². The van der Waals surface area contributed by atoms with Crippen molar-refractivity contribution in [3.63, 3.8) is 0 Å². The largest absolute Gasteiger partial charge is 0.368 e. The van der Waals surface area contributed by atoms with Gasteiger partial charge >= 0.3 is 0 Å². The summed E-state index contributed by atoms with van der Waals surface area (Å²) in [6.45, 7) is 9.76. The lowest BCUT2D eigenvalue weighted by Crippen LogP contribution is -2.47. The molecule has 1 aromatic carbocycles. The second-order valence-electron chi connectivity index (χ2n) is 7.81. The summed E-state index contributed by atoms with van der Waals surface area (Å²) in [5.41, 5.74) is 4.48. The van der Waals surface area contributed by atoms with Gasteiger partial charge in [0.05, 0.1) is 12.4 Å². The van der Waals surface area contributed by atoms with Gasteiger partial charge in [0.2, 0.25) is 0 Å². The number of aryl methyl sites for hydroxylation is 1. The number of nitrogens with zero attached hydrogens (tertiary/aromatic N) is 5. The van der Waals surface area contributed by atoms with Gasteiger partial charge in [-0.1, -0.05) is 12.1 Å². The summed E-state index contributed by atoms with van der Waals surface area (Å²) in [4.78, 5) is 28.1. The van der Waals surface area contributed by atoms with Crippen LogP contribution in [0.1, 0.15) is 40.9 Å². The van der Waals surface area contributed by atoms with E-state index >= 15 is 0 Å². The van der Waals surface area contributed by atoms with Crippen LogP contribution in [0.2, 0.25) is 0 Å². The zero-order chi connectivity index (χ0) is 19.5. The molecule has 3 heterocycles. The number of carbonyl (C=O) groups is 1. The number of aromatic nitrogens is 2. The number of benzene rings is 1. The van der Waals surface area contributed by atoms with Crippen LogP contribution in [0.3, 0.4) is 0 Å². The average molecular weight is 380 g/mol. The van der Waals surface area contributed by atoms with Gasteiger partial charge < -0.3 is 14.7 Å². The van der Waals surface area contributed by atoms with Crippen LogP contribution in [0.5, 0.6) is 0 Å². The molecule has 2 aliphatic rings. The van der Waals surface area contributed by atoms with Crippen LogP contribution < -0.4 is 9.80 Å². The SMILES string of the molecule is Cc1cccc(N2CCN(c3cnc(C(=O)N4CCCCC4)cn3)CC2)c1C. The lowest BCUT2D eigenvalue weighted by molar-refractivity contribution is 0.0718. The highest BCUT2D eigenvalue weighted by atomic mass is 16.2. The second kappa shape index (κ2) is 8.17. The van der Waals surface area contributed by atoms with Crippen molar-refractivity contribution < 1.29 is 4.79 Å². The Morgan fingerprint density at radius 3 is 2.25 bits per heavy atom. The topological polar surface area (TPSA) is 52.6 Å². The summed E-state index contributed by atoms with van der Waals surface area (Å²) in [7, 11) is 0. The van der Waals surface area contributed by atoms with E-state index in [2.05, 4.69) is 51.8 Å². The smallest absolute Gasteiger partial charge is 0.274 e. The van der Waals surface area contributed by atoms with Crippen molar-refractivity contribution in [2.24, 2.45) is 0 Å². The summed E-state index contributed by atoms with van der Waals surface area (Å²) < 4.78 is 0. The molecule has 2 aromatic rings. The quantitative estimate of drug-likeness (QED) is 0.820. The lowest BCUT2D eigenvalue weighted by Gasteiger charge is -2.37. The molecule has 0 aliphatic carbocycles.